The second-order valence-corrected chi connectivity index (χ2v) is 6.42. The van der Waals surface area contributed by atoms with Gasteiger partial charge in [0.05, 0.1) is 24.2 Å². The molecule has 2 aromatic rings. The van der Waals surface area contributed by atoms with Gasteiger partial charge in [0.2, 0.25) is 0 Å². The van der Waals surface area contributed by atoms with Gasteiger partial charge in [-0.15, -0.1) is 0 Å². The number of nitrogens with zero attached hydrogens (tertiary/aromatic N) is 2. The molecule has 0 spiro atoms. The highest BCUT2D eigenvalue weighted by atomic mass is 19.1. The highest BCUT2D eigenvalue weighted by molar-refractivity contribution is 5.96. The molecule has 3 rings (SSSR count). The number of rotatable bonds is 5. The quantitative estimate of drug-likeness (QED) is 0.625. The molecule has 7 nitrogen and oxygen atoms in total. The Kier molecular flexibility index (Phi) is 5.84. The molecule has 0 saturated carbocycles. The van der Waals surface area contributed by atoms with E-state index in [-0.39, 0.29) is 16.8 Å². The number of halogens is 2. The lowest BCUT2D eigenvalue weighted by atomic mass is 10.1. The van der Waals surface area contributed by atoms with Crippen molar-refractivity contribution in [2.75, 3.05) is 31.2 Å². The zero-order valence-corrected chi connectivity index (χ0v) is 15.2. The third kappa shape index (κ3) is 4.25. The largest absolute Gasteiger partial charge is 0.378 e. The van der Waals surface area contributed by atoms with Crippen LogP contribution in [0.1, 0.15) is 28.9 Å². The van der Waals surface area contributed by atoms with E-state index >= 15 is 0 Å². The van der Waals surface area contributed by atoms with E-state index in [1.807, 2.05) is 4.90 Å². The summed E-state index contributed by atoms with van der Waals surface area (Å²) in [5.41, 5.74) is 0.435. The molecule has 2 aromatic carbocycles. The van der Waals surface area contributed by atoms with Crippen LogP contribution in [-0.2, 0) is 4.74 Å². The number of carbonyl (C=O) groups excluding carboxylic acids is 1. The molecule has 0 aliphatic carbocycles. The molecule has 28 heavy (non-hydrogen) atoms. The predicted molar refractivity (Wildman–Crippen MR) is 98.4 cm³/mol. The molecule has 1 unspecified atom stereocenters. The summed E-state index contributed by atoms with van der Waals surface area (Å²) in [7, 11) is 0. The Morgan fingerprint density at radius 2 is 1.93 bits per heavy atom. The Balaban J connectivity index is 1.81. The lowest BCUT2D eigenvalue weighted by Crippen LogP contribution is -2.36. The monoisotopic (exact) mass is 391 g/mol. The van der Waals surface area contributed by atoms with Crippen molar-refractivity contribution >= 4 is 17.3 Å². The van der Waals surface area contributed by atoms with E-state index in [2.05, 4.69) is 5.32 Å². The molecule has 1 amide bonds. The SMILES string of the molecule is CC(NC(=O)c1ccc(N2CCOCC2)c([N+](=O)[O-])c1)c1ccc(F)cc1F. The zero-order valence-electron chi connectivity index (χ0n) is 15.2. The van der Waals surface area contributed by atoms with E-state index in [9.17, 15) is 23.7 Å². The van der Waals surface area contributed by atoms with Crippen molar-refractivity contribution in [3.8, 4) is 0 Å². The topological polar surface area (TPSA) is 84.7 Å². The van der Waals surface area contributed by atoms with Crippen molar-refractivity contribution < 1.29 is 23.2 Å². The molecule has 0 aromatic heterocycles. The maximum absolute atomic E-state index is 13.9. The number of carbonyl (C=O) groups is 1. The number of nitro benzene ring substituents is 1. The Hall–Kier alpha value is -3.07. The standard InChI is InChI=1S/C19H19F2N3O4/c1-12(15-4-3-14(20)11-16(15)21)22-19(25)13-2-5-17(18(10-13)24(26)27)23-6-8-28-9-7-23/h2-5,10-12H,6-9H2,1H3,(H,22,25). The van der Waals surface area contributed by atoms with Gasteiger partial charge >= 0.3 is 0 Å². The molecule has 0 radical (unpaired) electrons. The lowest BCUT2D eigenvalue weighted by Gasteiger charge is -2.28. The summed E-state index contributed by atoms with van der Waals surface area (Å²) in [6.07, 6.45) is 0. The molecule has 1 fully saturated rings. The minimum Gasteiger partial charge on any atom is -0.378 e. The van der Waals surface area contributed by atoms with E-state index in [1.54, 1.807) is 6.92 Å². The summed E-state index contributed by atoms with van der Waals surface area (Å²) in [4.78, 5) is 25.3. The highest BCUT2D eigenvalue weighted by Gasteiger charge is 2.24. The summed E-state index contributed by atoms with van der Waals surface area (Å²) in [6, 6.07) is 6.56. The summed E-state index contributed by atoms with van der Waals surface area (Å²) in [5.74, 6) is -2.08. The Morgan fingerprint density at radius 3 is 2.57 bits per heavy atom. The molecule has 1 aliphatic rings. The number of ether oxygens (including phenoxy) is 1. The second kappa shape index (κ2) is 8.30. The van der Waals surface area contributed by atoms with Crippen LogP contribution in [0.4, 0.5) is 20.2 Å². The van der Waals surface area contributed by atoms with E-state index < -0.39 is 28.5 Å². The number of benzene rings is 2. The molecule has 0 bridgehead atoms. The minimum atomic E-state index is -0.776. The highest BCUT2D eigenvalue weighted by Crippen LogP contribution is 2.30. The fraction of sp³-hybridized carbons (Fsp3) is 0.316. The zero-order chi connectivity index (χ0) is 20.3. The summed E-state index contributed by atoms with van der Waals surface area (Å²) in [6.45, 7) is 3.53. The van der Waals surface area contributed by atoms with Crippen LogP contribution < -0.4 is 10.2 Å². The Morgan fingerprint density at radius 1 is 1.21 bits per heavy atom. The molecule has 1 saturated heterocycles. The molecule has 1 atom stereocenters. The molecule has 1 aliphatic heterocycles. The fourth-order valence-corrected chi connectivity index (χ4v) is 3.09. The number of amides is 1. The Bertz CT molecular complexity index is 901. The average Bonchev–Trinajstić information content (AvgIpc) is 2.68. The summed E-state index contributed by atoms with van der Waals surface area (Å²) in [5, 5.41) is 14.1. The van der Waals surface area contributed by atoms with Crippen LogP contribution in [0.2, 0.25) is 0 Å². The van der Waals surface area contributed by atoms with Gasteiger partial charge in [-0.3, -0.25) is 14.9 Å². The maximum Gasteiger partial charge on any atom is 0.293 e. The van der Waals surface area contributed by atoms with E-state index in [4.69, 9.17) is 4.74 Å². The fourth-order valence-electron chi connectivity index (χ4n) is 3.09. The van der Waals surface area contributed by atoms with Crippen molar-refractivity contribution in [1.82, 2.24) is 5.32 Å². The van der Waals surface area contributed by atoms with Crippen LogP contribution in [0.5, 0.6) is 0 Å². The van der Waals surface area contributed by atoms with Crippen LogP contribution >= 0.6 is 0 Å². The first-order chi connectivity index (χ1) is 13.4. The van der Waals surface area contributed by atoms with Gasteiger partial charge in [-0.1, -0.05) is 6.07 Å². The molecule has 9 heteroatoms. The first-order valence-electron chi connectivity index (χ1n) is 8.74. The normalized spacial score (nSPS) is 15.2. The smallest absolute Gasteiger partial charge is 0.293 e. The summed E-state index contributed by atoms with van der Waals surface area (Å²) >= 11 is 0. The van der Waals surface area contributed by atoms with Crippen LogP contribution in [0, 0.1) is 21.7 Å². The Labute approximate surface area is 160 Å². The predicted octanol–water partition coefficient (Wildman–Crippen LogP) is 3.20. The third-order valence-corrected chi connectivity index (χ3v) is 4.56. The third-order valence-electron chi connectivity index (χ3n) is 4.56. The maximum atomic E-state index is 13.9. The second-order valence-electron chi connectivity index (χ2n) is 6.42. The van der Waals surface area contributed by atoms with Gasteiger partial charge in [-0.2, -0.15) is 0 Å². The minimum absolute atomic E-state index is 0.0816. The van der Waals surface area contributed by atoms with Crippen molar-refractivity contribution in [1.29, 1.82) is 0 Å². The first-order valence-corrected chi connectivity index (χ1v) is 8.74. The average molecular weight is 391 g/mol. The van der Waals surface area contributed by atoms with Crippen LogP contribution in [0.15, 0.2) is 36.4 Å². The first kappa shape index (κ1) is 19.7. The van der Waals surface area contributed by atoms with Gasteiger partial charge in [0.1, 0.15) is 17.3 Å². The number of morpholine rings is 1. The molecule has 148 valence electrons. The van der Waals surface area contributed by atoms with Crippen LogP contribution in [0.25, 0.3) is 0 Å². The van der Waals surface area contributed by atoms with Gasteiger partial charge < -0.3 is 15.0 Å². The van der Waals surface area contributed by atoms with Gasteiger partial charge in [-0.25, -0.2) is 8.78 Å². The summed E-state index contributed by atoms with van der Waals surface area (Å²) < 4.78 is 32.2. The van der Waals surface area contributed by atoms with Crippen molar-refractivity contribution in [3.63, 3.8) is 0 Å². The number of anilines is 1. The number of hydrogen-bond donors (Lipinski definition) is 1. The number of nitrogens with one attached hydrogen (secondary N) is 1. The molecular weight excluding hydrogens is 372 g/mol. The van der Waals surface area contributed by atoms with E-state index in [1.165, 1.54) is 24.3 Å². The van der Waals surface area contributed by atoms with Gasteiger partial charge in [-0.05, 0) is 25.1 Å². The molecular formula is C19H19F2N3O4. The van der Waals surface area contributed by atoms with Crippen LogP contribution in [0.3, 0.4) is 0 Å². The molecule has 1 N–H and O–H groups in total. The van der Waals surface area contributed by atoms with Gasteiger partial charge in [0.15, 0.2) is 0 Å². The van der Waals surface area contributed by atoms with E-state index in [0.29, 0.717) is 32.0 Å². The lowest BCUT2D eigenvalue weighted by molar-refractivity contribution is -0.384. The van der Waals surface area contributed by atoms with Crippen LogP contribution in [-0.4, -0.2) is 37.1 Å². The number of nitro groups is 1. The number of hydrogen-bond acceptors (Lipinski definition) is 5. The van der Waals surface area contributed by atoms with E-state index in [0.717, 1.165) is 12.1 Å². The van der Waals surface area contributed by atoms with Crippen molar-refractivity contribution in [2.45, 2.75) is 13.0 Å². The van der Waals surface area contributed by atoms with Gasteiger partial charge in [0, 0.05) is 36.3 Å². The van der Waals surface area contributed by atoms with Crippen molar-refractivity contribution in [3.05, 3.63) is 69.3 Å². The van der Waals surface area contributed by atoms with Gasteiger partial charge in [0.25, 0.3) is 11.6 Å². The van der Waals surface area contributed by atoms with Crippen molar-refractivity contribution in [2.24, 2.45) is 0 Å². The molecule has 1 heterocycles.